The third-order valence-corrected chi connectivity index (χ3v) is 4.48. The van der Waals surface area contributed by atoms with Crippen molar-refractivity contribution in [3.05, 3.63) is 28.7 Å². The van der Waals surface area contributed by atoms with Gasteiger partial charge in [0.1, 0.15) is 5.75 Å². The SMILES string of the molecule is CC(F)(F)CS(=O)(=O)c1ccccc1Br. The summed E-state index contributed by atoms with van der Waals surface area (Å²) in [5.41, 5.74) is 0. The molecule has 0 aliphatic rings. The zero-order valence-corrected chi connectivity index (χ0v) is 10.3. The zero-order valence-electron chi connectivity index (χ0n) is 7.88. The largest absolute Gasteiger partial charge is 0.259 e. The molecule has 0 aliphatic carbocycles. The monoisotopic (exact) mass is 298 g/mol. The first-order valence-corrected chi connectivity index (χ1v) is 6.52. The van der Waals surface area contributed by atoms with Crippen molar-refractivity contribution in [1.29, 1.82) is 0 Å². The second-order valence-electron chi connectivity index (χ2n) is 3.26. The van der Waals surface area contributed by atoms with Crippen LogP contribution >= 0.6 is 15.9 Å². The van der Waals surface area contributed by atoms with Gasteiger partial charge in [-0.2, -0.15) is 0 Å². The highest BCUT2D eigenvalue weighted by atomic mass is 79.9. The molecule has 0 bridgehead atoms. The number of hydrogen-bond acceptors (Lipinski definition) is 2. The molecule has 0 atom stereocenters. The highest BCUT2D eigenvalue weighted by molar-refractivity contribution is 9.10. The van der Waals surface area contributed by atoms with Gasteiger partial charge < -0.3 is 0 Å². The zero-order chi connectivity index (χ0) is 11.7. The third kappa shape index (κ3) is 3.53. The van der Waals surface area contributed by atoms with E-state index in [0.717, 1.165) is 0 Å². The predicted octanol–water partition coefficient (Wildman–Crippen LogP) is 2.88. The Morgan fingerprint density at radius 1 is 1.33 bits per heavy atom. The number of sulfone groups is 1. The lowest BCUT2D eigenvalue weighted by Gasteiger charge is -2.11. The minimum Gasteiger partial charge on any atom is -0.223 e. The van der Waals surface area contributed by atoms with E-state index in [1.165, 1.54) is 18.2 Å². The smallest absolute Gasteiger partial charge is 0.223 e. The molecule has 0 amide bonds. The topological polar surface area (TPSA) is 34.1 Å². The van der Waals surface area contributed by atoms with E-state index in [2.05, 4.69) is 15.9 Å². The second kappa shape index (κ2) is 4.17. The van der Waals surface area contributed by atoms with Gasteiger partial charge in [0.25, 0.3) is 5.92 Å². The maximum absolute atomic E-state index is 12.6. The van der Waals surface area contributed by atoms with Gasteiger partial charge in [0, 0.05) is 11.4 Å². The fourth-order valence-corrected chi connectivity index (χ4v) is 3.61. The van der Waals surface area contributed by atoms with Crippen LogP contribution in [0.5, 0.6) is 0 Å². The van der Waals surface area contributed by atoms with Gasteiger partial charge in [-0.1, -0.05) is 12.1 Å². The average molecular weight is 299 g/mol. The molecule has 6 heteroatoms. The number of alkyl halides is 2. The van der Waals surface area contributed by atoms with E-state index in [1.54, 1.807) is 6.07 Å². The molecule has 0 N–H and O–H groups in total. The standard InChI is InChI=1S/C9H9BrF2O2S/c1-9(11,12)6-15(13,14)8-5-3-2-4-7(8)10/h2-5H,6H2,1H3. The van der Waals surface area contributed by atoms with Crippen LogP contribution in [0.3, 0.4) is 0 Å². The minimum absolute atomic E-state index is 0.105. The van der Waals surface area contributed by atoms with E-state index >= 15 is 0 Å². The van der Waals surface area contributed by atoms with Gasteiger partial charge in [-0.05, 0) is 28.1 Å². The van der Waals surface area contributed by atoms with Gasteiger partial charge in [-0.3, -0.25) is 0 Å². The van der Waals surface area contributed by atoms with Gasteiger partial charge in [0.05, 0.1) is 4.90 Å². The van der Waals surface area contributed by atoms with Gasteiger partial charge in [-0.15, -0.1) is 0 Å². The second-order valence-corrected chi connectivity index (χ2v) is 6.07. The summed E-state index contributed by atoms with van der Waals surface area (Å²) < 4.78 is 48.7. The van der Waals surface area contributed by atoms with Crippen molar-refractivity contribution in [1.82, 2.24) is 0 Å². The molecule has 1 rings (SSSR count). The molecule has 84 valence electrons. The Kier molecular flexibility index (Phi) is 3.50. The third-order valence-electron chi connectivity index (χ3n) is 1.62. The highest BCUT2D eigenvalue weighted by Crippen LogP contribution is 2.26. The number of halogens is 3. The quantitative estimate of drug-likeness (QED) is 0.860. The van der Waals surface area contributed by atoms with Crippen molar-refractivity contribution in [3.63, 3.8) is 0 Å². The molecule has 0 aliphatic heterocycles. The van der Waals surface area contributed by atoms with Crippen molar-refractivity contribution in [2.75, 3.05) is 5.75 Å². The maximum Gasteiger partial charge on any atom is 0.259 e. The molecular formula is C9H9BrF2O2S. The Bertz CT molecular complexity index is 451. The molecule has 2 nitrogen and oxygen atoms in total. The van der Waals surface area contributed by atoms with Crippen LogP contribution in [0.15, 0.2) is 33.6 Å². The van der Waals surface area contributed by atoms with E-state index < -0.39 is 21.5 Å². The molecule has 0 heterocycles. The normalized spacial score (nSPS) is 12.8. The molecule has 0 radical (unpaired) electrons. The molecule has 0 spiro atoms. The average Bonchev–Trinajstić information content (AvgIpc) is 1.99. The fourth-order valence-electron chi connectivity index (χ4n) is 1.11. The van der Waals surface area contributed by atoms with Crippen LogP contribution in [0.2, 0.25) is 0 Å². The summed E-state index contributed by atoms with van der Waals surface area (Å²) in [7, 11) is -3.95. The molecule has 0 aromatic heterocycles. The van der Waals surface area contributed by atoms with Gasteiger partial charge in [-0.25, -0.2) is 17.2 Å². The number of rotatable bonds is 3. The summed E-state index contributed by atoms with van der Waals surface area (Å²) in [6.07, 6.45) is 0. The van der Waals surface area contributed by atoms with E-state index in [9.17, 15) is 17.2 Å². The lowest BCUT2D eigenvalue weighted by molar-refractivity contribution is 0.0473. The van der Waals surface area contributed by atoms with Gasteiger partial charge in [0.2, 0.25) is 0 Å². The summed E-state index contributed by atoms with van der Waals surface area (Å²) in [4.78, 5) is -0.105. The molecule has 0 fully saturated rings. The van der Waals surface area contributed by atoms with E-state index in [1.807, 2.05) is 0 Å². The molecule has 0 unspecified atom stereocenters. The molecular weight excluding hydrogens is 290 g/mol. The fraction of sp³-hybridized carbons (Fsp3) is 0.333. The van der Waals surface area contributed by atoms with Crippen LogP contribution in [-0.2, 0) is 9.84 Å². The van der Waals surface area contributed by atoms with Crippen LogP contribution in [-0.4, -0.2) is 20.1 Å². The molecule has 0 saturated carbocycles. The Morgan fingerprint density at radius 3 is 2.33 bits per heavy atom. The van der Waals surface area contributed by atoms with Crippen molar-refractivity contribution in [2.45, 2.75) is 17.7 Å². The Hall–Kier alpha value is -0.490. The lowest BCUT2D eigenvalue weighted by Crippen LogP contribution is -2.24. The summed E-state index contributed by atoms with van der Waals surface area (Å²) in [6, 6.07) is 5.91. The van der Waals surface area contributed by atoms with Crippen molar-refractivity contribution in [3.8, 4) is 0 Å². The number of hydrogen-bond donors (Lipinski definition) is 0. The van der Waals surface area contributed by atoms with Crippen molar-refractivity contribution >= 4 is 25.8 Å². The molecule has 1 aromatic rings. The molecule has 1 aromatic carbocycles. The molecule has 15 heavy (non-hydrogen) atoms. The van der Waals surface area contributed by atoms with Crippen molar-refractivity contribution in [2.24, 2.45) is 0 Å². The first-order valence-electron chi connectivity index (χ1n) is 4.07. The van der Waals surface area contributed by atoms with Crippen LogP contribution in [0.4, 0.5) is 8.78 Å². The van der Waals surface area contributed by atoms with Crippen LogP contribution in [0.1, 0.15) is 6.92 Å². The van der Waals surface area contributed by atoms with Crippen LogP contribution in [0, 0.1) is 0 Å². The summed E-state index contributed by atoms with van der Waals surface area (Å²) in [5, 5.41) is 0. The van der Waals surface area contributed by atoms with Crippen LogP contribution in [0.25, 0.3) is 0 Å². The Labute approximate surface area is 95.4 Å². The van der Waals surface area contributed by atoms with E-state index in [0.29, 0.717) is 11.4 Å². The number of benzene rings is 1. The minimum atomic E-state index is -3.95. The predicted molar refractivity (Wildman–Crippen MR) is 56.8 cm³/mol. The molecule has 0 saturated heterocycles. The summed E-state index contributed by atoms with van der Waals surface area (Å²) in [6.45, 7) is 0.585. The van der Waals surface area contributed by atoms with Gasteiger partial charge in [0.15, 0.2) is 9.84 Å². The Morgan fingerprint density at radius 2 is 1.87 bits per heavy atom. The first-order chi connectivity index (χ1) is 6.72. The first kappa shape index (κ1) is 12.6. The van der Waals surface area contributed by atoms with E-state index in [-0.39, 0.29) is 4.90 Å². The van der Waals surface area contributed by atoms with Crippen LogP contribution < -0.4 is 0 Å². The van der Waals surface area contributed by atoms with Gasteiger partial charge >= 0.3 is 0 Å². The van der Waals surface area contributed by atoms with Crippen molar-refractivity contribution < 1.29 is 17.2 Å². The lowest BCUT2D eigenvalue weighted by atomic mass is 10.4. The summed E-state index contributed by atoms with van der Waals surface area (Å²) >= 11 is 3.02. The summed E-state index contributed by atoms with van der Waals surface area (Å²) in [5.74, 6) is -4.41. The highest BCUT2D eigenvalue weighted by Gasteiger charge is 2.31. The Balaban J connectivity index is 3.13. The van der Waals surface area contributed by atoms with E-state index in [4.69, 9.17) is 0 Å². The maximum atomic E-state index is 12.6.